The van der Waals surface area contributed by atoms with Gasteiger partial charge in [0, 0.05) is 41.4 Å². The summed E-state index contributed by atoms with van der Waals surface area (Å²) in [6.45, 7) is 4.05. The molecule has 0 radical (unpaired) electrons. The molecule has 2 heterocycles. The molecule has 0 bridgehead atoms. The molecule has 0 aliphatic carbocycles. The average molecular weight is 449 g/mol. The number of aryl methyl sites for hydroxylation is 4. The maximum absolute atomic E-state index is 12.2. The van der Waals surface area contributed by atoms with Gasteiger partial charge in [-0.2, -0.15) is 0 Å². The summed E-state index contributed by atoms with van der Waals surface area (Å²) < 4.78 is 5.75. The van der Waals surface area contributed by atoms with E-state index in [9.17, 15) is 4.79 Å². The molecule has 2 N–H and O–H groups in total. The van der Waals surface area contributed by atoms with E-state index in [-0.39, 0.29) is 5.91 Å². The molecular weight excluding hydrogens is 420 g/mol. The van der Waals surface area contributed by atoms with Crippen LogP contribution in [0.3, 0.4) is 0 Å². The molecule has 0 aliphatic heterocycles. The summed E-state index contributed by atoms with van der Waals surface area (Å²) in [6.07, 6.45) is 5.96. The van der Waals surface area contributed by atoms with E-state index < -0.39 is 0 Å². The number of thioether (sulfide) groups is 1. The maximum Gasteiger partial charge on any atom is 0.276 e. The Morgan fingerprint density at radius 3 is 2.84 bits per heavy atom. The van der Waals surface area contributed by atoms with Crippen LogP contribution in [0.1, 0.15) is 41.8 Å². The number of hydrogen-bond donors (Lipinski definition) is 2. The van der Waals surface area contributed by atoms with Crippen molar-refractivity contribution in [3.05, 3.63) is 71.2 Å². The van der Waals surface area contributed by atoms with Gasteiger partial charge >= 0.3 is 0 Å². The highest BCUT2D eigenvalue weighted by Gasteiger charge is 2.10. The maximum atomic E-state index is 12.2. The predicted molar refractivity (Wildman–Crippen MR) is 129 cm³/mol. The fourth-order valence-corrected chi connectivity index (χ4v) is 4.44. The minimum absolute atomic E-state index is 0.0288. The monoisotopic (exact) mass is 448 g/mol. The van der Waals surface area contributed by atoms with Crippen LogP contribution in [0.5, 0.6) is 0 Å². The van der Waals surface area contributed by atoms with E-state index in [1.54, 1.807) is 0 Å². The summed E-state index contributed by atoms with van der Waals surface area (Å²) in [4.78, 5) is 15.5. The van der Waals surface area contributed by atoms with Crippen molar-refractivity contribution in [2.24, 2.45) is 0 Å². The van der Waals surface area contributed by atoms with Crippen molar-refractivity contribution < 1.29 is 9.21 Å². The van der Waals surface area contributed by atoms with Crippen molar-refractivity contribution in [2.75, 3.05) is 11.1 Å². The number of H-pyrrole nitrogens is 1. The fourth-order valence-electron chi connectivity index (χ4n) is 3.72. The van der Waals surface area contributed by atoms with Crippen molar-refractivity contribution in [1.29, 1.82) is 0 Å². The number of rotatable bonds is 10. The number of anilines is 1. The first-order chi connectivity index (χ1) is 15.6. The molecule has 0 saturated heterocycles. The molecule has 4 aromatic rings. The Hall–Kier alpha value is -3.06. The molecule has 2 aromatic carbocycles. The Kier molecular flexibility index (Phi) is 7.27. The summed E-state index contributed by atoms with van der Waals surface area (Å²) in [5, 5.41) is 13.1. The number of nitrogens with one attached hydrogen (secondary N) is 2. The summed E-state index contributed by atoms with van der Waals surface area (Å²) in [5.41, 5.74) is 5.63. The highest BCUT2D eigenvalue weighted by atomic mass is 32.2. The number of nitrogens with zero attached hydrogens (tertiary/aromatic N) is 2. The van der Waals surface area contributed by atoms with Crippen LogP contribution in [0, 0.1) is 13.8 Å². The largest absolute Gasteiger partial charge is 0.416 e. The lowest BCUT2D eigenvalue weighted by Crippen LogP contribution is -2.12. The Labute approximate surface area is 192 Å². The Morgan fingerprint density at radius 1 is 1.09 bits per heavy atom. The van der Waals surface area contributed by atoms with Gasteiger partial charge in [-0.1, -0.05) is 47.7 Å². The minimum atomic E-state index is 0.0288. The van der Waals surface area contributed by atoms with E-state index in [2.05, 4.69) is 51.0 Å². The topological polar surface area (TPSA) is 83.8 Å². The van der Waals surface area contributed by atoms with Gasteiger partial charge in [-0.3, -0.25) is 4.79 Å². The van der Waals surface area contributed by atoms with Gasteiger partial charge in [0.2, 0.25) is 11.8 Å². The second-order valence-corrected chi connectivity index (χ2v) is 9.04. The van der Waals surface area contributed by atoms with Gasteiger partial charge in [0.15, 0.2) is 0 Å². The quantitative estimate of drug-likeness (QED) is 0.235. The van der Waals surface area contributed by atoms with E-state index in [1.807, 2.05) is 32.0 Å². The van der Waals surface area contributed by atoms with Crippen LogP contribution >= 0.6 is 11.8 Å². The fraction of sp³-hybridized carbons (Fsp3) is 0.320. The summed E-state index contributed by atoms with van der Waals surface area (Å²) in [5.74, 6) is 1.46. The van der Waals surface area contributed by atoms with Gasteiger partial charge in [0.1, 0.15) is 0 Å². The first-order valence-electron chi connectivity index (χ1n) is 11.0. The molecule has 7 heteroatoms. The number of hydrogen-bond acceptors (Lipinski definition) is 5. The lowest BCUT2D eigenvalue weighted by atomic mass is 10.1. The first-order valence-corrected chi connectivity index (χ1v) is 11.9. The van der Waals surface area contributed by atoms with Crippen LogP contribution in [0.15, 0.2) is 58.3 Å². The number of benzene rings is 2. The number of aromatic amines is 1. The lowest BCUT2D eigenvalue weighted by Gasteiger charge is -2.08. The van der Waals surface area contributed by atoms with Crippen molar-refractivity contribution in [1.82, 2.24) is 15.2 Å². The van der Waals surface area contributed by atoms with Crippen LogP contribution in [-0.4, -0.2) is 26.8 Å². The first kappa shape index (κ1) is 22.1. The molecule has 0 unspecified atom stereocenters. The average Bonchev–Trinajstić information content (AvgIpc) is 3.41. The third-order valence-electron chi connectivity index (χ3n) is 5.39. The number of carbonyl (C=O) groups is 1. The lowest BCUT2D eigenvalue weighted by molar-refractivity contribution is -0.116. The van der Waals surface area contributed by atoms with E-state index in [0.29, 0.717) is 17.5 Å². The number of fused-ring (bicyclic) bond motifs is 1. The third kappa shape index (κ3) is 5.79. The number of para-hydroxylation sites is 1. The van der Waals surface area contributed by atoms with Crippen LogP contribution in [-0.2, 0) is 17.6 Å². The summed E-state index contributed by atoms with van der Waals surface area (Å²) in [7, 11) is 0. The molecule has 0 saturated carbocycles. The van der Waals surface area contributed by atoms with Crippen LogP contribution in [0.25, 0.3) is 10.9 Å². The number of amides is 1. The molecule has 1 amide bonds. The Balaban J connectivity index is 1.16. The Bertz CT molecular complexity index is 1200. The molecule has 2 aromatic heterocycles. The molecule has 0 spiro atoms. The van der Waals surface area contributed by atoms with Crippen LogP contribution in [0.2, 0.25) is 0 Å². The molecule has 0 atom stereocenters. The SMILES string of the molecule is Cc1ccc(NC(=O)CCCSc2nnc(CCCc3c[nH]c4ccccc34)o2)c(C)c1. The van der Waals surface area contributed by atoms with E-state index in [1.165, 1.54) is 33.8 Å². The molecule has 166 valence electrons. The van der Waals surface area contributed by atoms with Crippen molar-refractivity contribution >= 4 is 34.3 Å². The third-order valence-corrected chi connectivity index (χ3v) is 6.29. The second kappa shape index (κ2) is 10.5. The van der Waals surface area contributed by atoms with Crippen LogP contribution < -0.4 is 5.32 Å². The normalized spacial score (nSPS) is 11.2. The standard InChI is InChI=1S/C25H28N4O2S/c1-17-12-13-21(18(2)15-17)27-23(30)10-6-14-32-25-29-28-24(31-25)11-5-7-19-16-26-22-9-4-3-8-20(19)22/h3-4,8-9,12-13,15-16,26H,5-7,10-11,14H2,1-2H3,(H,27,30). The van der Waals surface area contributed by atoms with Crippen molar-refractivity contribution in [3.63, 3.8) is 0 Å². The predicted octanol–water partition coefficient (Wildman–Crippen LogP) is 5.85. The smallest absolute Gasteiger partial charge is 0.276 e. The molecule has 0 aliphatic rings. The molecule has 0 fully saturated rings. The van der Waals surface area contributed by atoms with E-state index >= 15 is 0 Å². The number of carbonyl (C=O) groups excluding carboxylic acids is 1. The highest BCUT2D eigenvalue weighted by Crippen LogP contribution is 2.22. The van der Waals surface area contributed by atoms with Gasteiger partial charge in [-0.15, -0.1) is 10.2 Å². The van der Waals surface area contributed by atoms with Gasteiger partial charge < -0.3 is 14.7 Å². The van der Waals surface area contributed by atoms with E-state index in [4.69, 9.17) is 4.42 Å². The summed E-state index contributed by atoms with van der Waals surface area (Å²) in [6, 6.07) is 14.4. The zero-order valence-electron chi connectivity index (χ0n) is 18.5. The van der Waals surface area contributed by atoms with Gasteiger partial charge in [-0.05, 0) is 56.4 Å². The minimum Gasteiger partial charge on any atom is -0.416 e. The van der Waals surface area contributed by atoms with E-state index in [0.717, 1.165) is 42.7 Å². The molecule has 32 heavy (non-hydrogen) atoms. The van der Waals surface area contributed by atoms with Gasteiger partial charge in [-0.25, -0.2) is 0 Å². The highest BCUT2D eigenvalue weighted by molar-refractivity contribution is 7.99. The van der Waals surface area contributed by atoms with Crippen LogP contribution in [0.4, 0.5) is 5.69 Å². The van der Waals surface area contributed by atoms with Crippen molar-refractivity contribution in [3.8, 4) is 0 Å². The molecule has 4 rings (SSSR count). The van der Waals surface area contributed by atoms with Gasteiger partial charge in [0.05, 0.1) is 0 Å². The Morgan fingerprint density at radius 2 is 1.97 bits per heavy atom. The zero-order chi connectivity index (χ0) is 22.3. The second-order valence-electron chi connectivity index (χ2n) is 7.99. The van der Waals surface area contributed by atoms with Crippen molar-refractivity contribution in [2.45, 2.75) is 51.2 Å². The molecular formula is C25H28N4O2S. The number of aromatic nitrogens is 3. The molecule has 6 nitrogen and oxygen atoms in total. The zero-order valence-corrected chi connectivity index (χ0v) is 19.3. The van der Waals surface area contributed by atoms with Gasteiger partial charge in [0.25, 0.3) is 5.22 Å². The summed E-state index contributed by atoms with van der Waals surface area (Å²) >= 11 is 1.50.